The molecule has 0 radical (unpaired) electrons. The lowest BCUT2D eigenvalue weighted by atomic mass is 10.2. The van der Waals surface area contributed by atoms with Crippen LogP contribution >= 0.6 is 0 Å². The zero-order chi connectivity index (χ0) is 15.1. The molecule has 0 bridgehead atoms. The predicted octanol–water partition coefficient (Wildman–Crippen LogP) is 0.501. The Morgan fingerprint density at radius 2 is 2.05 bits per heavy atom. The summed E-state index contributed by atoms with van der Waals surface area (Å²) in [6.45, 7) is 4.79. The second-order valence-electron chi connectivity index (χ2n) is 4.68. The second kappa shape index (κ2) is 7.70. The van der Waals surface area contributed by atoms with Crippen LogP contribution in [-0.2, 0) is 4.74 Å². The highest BCUT2D eigenvalue weighted by atomic mass is 16.5. The molecule has 0 atom stereocenters. The number of hydrogen-bond donors (Lipinski definition) is 2. The van der Waals surface area contributed by atoms with Crippen molar-refractivity contribution in [2.24, 2.45) is 10.9 Å². The molecule has 7 nitrogen and oxygen atoms in total. The Labute approximate surface area is 123 Å². The van der Waals surface area contributed by atoms with Crippen molar-refractivity contribution < 1.29 is 19.4 Å². The van der Waals surface area contributed by atoms with Crippen LogP contribution in [0, 0.1) is 0 Å². The molecule has 1 aromatic carbocycles. The molecule has 7 heteroatoms. The van der Waals surface area contributed by atoms with E-state index in [4.69, 9.17) is 25.2 Å². The van der Waals surface area contributed by atoms with Crippen LogP contribution in [0.5, 0.6) is 11.5 Å². The first-order valence-electron chi connectivity index (χ1n) is 6.83. The van der Waals surface area contributed by atoms with Gasteiger partial charge in [0.15, 0.2) is 5.84 Å². The molecule has 1 heterocycles. The summed E-state index contributed by atoms with van der Waals surface area (Å²) in [5, 5.41) is 11.7. The lowest BCUT2D eigenvalue weighted by Gasteiger charge is -2.26. The van der Waals surface area contributed by atoms with Gasteiger partial charge in [0.25, 0.3) is 0 Å². The number of rotatable bonds is 6. The summed E-state index contributed by atoms with van der Waals surface area (Å²) in [4.78, 5) is 2.29. The first-order valence-corrected chi connectivity index (χ1v) is 6.83. The fraction of sp³-hybridized carbons (Fsp3) is 0.500. The highest BCUT2D eigenvalue weighted by molar-refractivity contribution is 5.97. The van der Waals surface area contributed by atoms with E-state index in [2.05, 4.69) is 10.1 Å². The minimum Gasteiger partial charge on any atom is -0.497 e. The van der Waals surface area contributed by atoms with Gasteiger partial charge in [0, 0.05) is 31.3 Å². The van der Waals surface area contributed by atoms with Crippen LogP contribution in [0.1, 0.15) is 5.56 Å². The lowest BCUT2D eigenvalue weighted by molar-refractivity contribution is 0.0322. The third-order valence-corrected chi connectivity index (χ3v) is 3.30. The normalized spacial score (nSPS) is 16.7. The largest absolute Gasteiger partial charge is 0.497 e. The Morgan fingerprint density at radius 3 is 2.71 bits per heavy atom. The molecule has 0 amide bonds. The van der Waals surface area contributed by atoms with Crippen molar-refractivity contribution >= 4 is 5.84 Å². The topological polar surface area (TPSA) is 89.5 Å². The van der Waals surface area contributed by atoms with Crippen LogP contribution in [-0.4, -0.2) is 62.5 Å². The summed E-state index contributed by atoms with van der Waals surface area (Å²) in [7, 11) is 1.56. The van der Waals surface area contributed by atoms with Crippen LogP contribution in [0.2, 0.25) is 0 Å². The third kappa shape index (κ3) is 4.51. The van der Waals surface area contributed by atoms with Crippen LogP contribution < -0.4 is 15.2 Å². The molecule has 3 N–H and O–H groups in total. The van der Waals surface area contributed by atoms with Gasteiger partial charge < -0.3 is 25.2 Å². The minimum atomic E-state index is 0.0203. The van der Waals surface area contributed by atoms with Crippen molar-refractivity contribution in [1.82, 2.24) is 4.90 Å². The lowest BCUT2D eigenvalue weighted by Crippen LogP contribution is -2.38. The van der Waals surface area contributed by atoms with E-state index < -0.39 is 0 Å². The number of nitrogens with two attached hydrogens (primary N) is 1. The van der Waals surface area contributed by atoms with Gasteiger partial charge in [-0.25, -0.2) is 0 Å². The molecule has 1 fully saturated rings. The van der Waals surface area contributed by atoms with E-state index >= 15 is 0 Å². The molecular formula is C14H21N3O4. The van der Waals surface area contributed by atoms with E-state index in [1.807, 2.05) is 0 Å². The van der Waals surface area contributed by atoms with Crippen LogP contribution in [0.25, 0.3) is 0 Å². The fourth-order valence-corrected chi connectivity index (χ4v) is 2.10. The monoisotopic (exact) mass is 295 g/mol. The Morgan fingerprint density at radius 1 is 1.33 bits per heavy atom. The minimum absolute atomic E-state index is 0.0203. The van der Waals surface area contributed by atoms with Gasteiger partial charge in [-0.3, -0.25) is 4.90 Å². The maximum Gasteiger partial charge on any atom is 0.170 e. The van der Waals surface area contributed by atoms with Gasteiger partial charge >= 0.3 is 0 Å². The van der Waals surface area contributed by atoms with Crippen molar-refractivity contribution in [2.45, 2.75) is 0 Å². The SMILES string of the molecule is COc1cc(OCCN2CCOCC2)cc(/C(N)=N/O)c1. The number of hydrogen-bond acceptors (Lipinski definition) is 6. The van der Waals surface area contributed by atoms with Crippen molar-refractivity contribution in [2.75, 3.05) is 46.6 Å². The summed E-state index contributed by atoms with van der Waals surface area (Å²) < 4.78 is 16.2. The van der Waals surface area contributed by atoms with Gasteiger partial charge in [-0.15, -0.1) is 0 Å². The smallest absolute Gasteiger partial charge is 0.170 e. The van der Waals surface area contributed by atoms with E-state index in [0.29, 0.717) is 23.7 Å². The van der Waals surface area contributed by atoms with Gasteiger partial charge in [-0.05, 0) is 12.1 Å². The highest BCUT2D eigenvalue weighted by Crippen LogP contribution is 2.22. The number of methoxy groups -OCH3 is 1. The molecule has 1 aromatic rings. The summed E-state index contributed by atoms with van der Waals surface area (Å²) >= 11 is 0. The first kappa shape index (κ1) is 15.4. The number of ether oxygens (including phenoxy) is 3. The van der Waals surface area contributed by atoms with Crippen molar-refractivity contribution in [3.8, 4) is 11.5 Å². The zero-order valence-electron chi connectivity index (χ0n) is 12.1. The Kier molecular flexibility index (Phi) is 5.65. The molecule has 2 rings (SSSR count). The predicted molar refractivity (Wildman–Crippen MR) is 78.3 cm³/mol. The molecule has 0 saturated carbocycles. The van der Waals surface area contributed by atoms with E-state index in [1.54, 1.807) is 25.3 Å². The Hall–Kier alpha value is -1.99. The molecule has 0 aromatic heterocycles. The molecule has 1 aliphatic rings. The quantitative estimate of drug-likeness (QED) is 0.344. The van der Waals surface area contributed by atoms with Crippen LogP contribution in [0.15, 0.2) is 23.4 Å². The van der Waals surface area contributed by atoms with Crippen molar-refractivity contribution in [1.29, 1.82) is 0 Å². The number of benzene rings is 1. The second-order valence-corrected chi connectivity index (χ2v) is 4.68. The van der Waals surface area contributed by atoms with Gasteiger partial charge in [0.2, 0.25) is 0 Å². The average Bonchev–Trinajstić information content (AvgIpc) is 2.54. The number of morpholine rings is 1. The maximum atomic E-state index is 8.75. The van der Waals surface area contributed by atoms with Crippen LogP contribution in [0.3, 0.4) is 0 Å². The van der Waals surface area contributed by atoms with Gasteiger partial charge in [-0.2, -0.15) is 0 Å². The molecule has 0 unspecified atom stereocenters. The highest BCUT2D eigenvalue weighted by Gasteiger charge is 2.11. The molecule has 1 aliphatic heterocycles. The molecule has 0 spiro atoms. The summed E-state index contributed by atoms with van der Waals surface area (Å²) in [6, 6.07) is 5.17. The number of oxime groups is 1. The van der Waals surface area contributed by atoms with Gasteiger partial charge in [0.1, 0.15) is 18.1 Å². The van der Waals surface area contributed by atoms with Crippen molar-refractivity contribution in [3.05, 3.63) is 23.8 Å². The number of amidine groups is 1. The van der Waals surface area contributed by atoms with E-state index in [9.17, 15) is 0 Å². The molecule has 21 heavy (non-hydrogen) atoms. The van der Waals surface area contributed by atoms with E-state index in [1.165, 1.54) is 0 Å². The fourth-order valence-electron chi connectivity index (χ4n) is 2.10. The van der Waals surface area contributed by atoms with E-state index in [0.717, 1.165) is 32.8 Å². The standard InChI is InChI=1S/C14H21N3O4/c1-19-12-8-11(14(15)16-18)9-13(10-12)21-7-4-17-2-5-20-6-3-17/h8-10,18H,2-7H2,1H3,(H2,15,16). The molecule has 0 aliphatic carbocycles. The van der Waals surface area contributed by atoms with Gasteiger partial charge in [-0.1, -0.05) is 5.16 Å². The van der Waals surface area contributed by atoms with Crippen LogP contribution in [0.4, 0.5) is 0 Å². The van der Waals surface area contributed by atoms with E-state index in [-0.39, 0.29) is 5.84 Å². The summed E-state index contributed by atoms with van der Waals surface area (Å²) in [5.41, 5.74) is 6.15. The molecular weight excluding hydrogens is 274 g/mol. The Bertz CT molecular complexity index is 487. The summed E-state index contributed by atoms with van der Waals surface area (Å²) in [6.07, 6.45) is 0. The maximum absolute atomic E-state index is 8.75. The third-order valence-electron chi connectivity index (χ3n) is 3.30. The van der Waals surface area contributed by atoms with Crippen molar-refractivity contribution in [3.63, 3.8) is 0 Å². The zero-order valence-corrected chi connectivity index (χ0v) is 12.1. The van der Waals surface area contributed by atoms with Gasteiger partial charge in [0.05, 0.1) is 20.3 Å². The Balaban J connectivity index is 1.95. The molecule has 1 saturated heterocycles. The number of nitrogens with zero attached hydrogens (tertiary/aromatic N) is 2. The molecule has 116 valence electrons. The summed E-state index contributed by atoms with van der Waals surface area (Å²) in [5.74, 6) is 1.25. The average molecular weight is 295 g/mol. The first-order chi connectivity index (χ1) is 10.2.